The van der Waals surface area contributed by atoms with E-state index >= 15 is 0 Å². The Morgan fingerprint density at radius 3 is 2.75 bits per heavy atom. The van der Waals surface area contributed by atoms with Gasteiger partial charge < -0.3 is 0 Å². The van der Waals surface area contributed by atoms with Gasteiger partial charge in [-0.2, -0.15) is 0 Å². The zero-order chi connectivity index (χ0) is 9.14. The van der Waals surface area contributed by atoms with Crippen LogP contribution in [-0.2, 0) is 0 Å². The smallest absolute Gasteiger partial charge is 0.133 e. The van der Waals surface area contributed by atoms with Crippen molar-refractivity contribution in [1.29, 1.82) is 0 Å². The summed E-state index contributed by atoms with van der Waals surface area (Å²) in [7, 11) is 0. The Kier molecular flexibility index (Phi) is 3.36. The molecule has 1 heterocycles. The summed E-state index contributed by atoms with van der Waals surface area (Å²) in [6, 6.07) is 0. The van der Waals surface area contributed by atoms with Crippen molar-refractivity contribution in [3.8, 4) is 0 Å². The molecule has 0 atom stereocenters. The van der Waals surface area contributed by atoms with Gasteiger partial charge in [-0.1, -0.05) is 30.1 Å². The maximum Gasteiger partial charge on any atom is 0.133 e. The highest BCUT2D eigenvalue weighted by atomic mass is 35.5. The minimum absolute atomic E-state index is 0.503. The van der Waals surface area contributed by atoms with Gasteiger partial charge in [0, 0.05) is 23.2 Å². The monoisotopic (exact) mass is 203 g/mol. The Balaban J connectivity index is 3.12. The lowest BCUT2D eigenvalue weighted by atomic mass is 10.1. The van der Waals surface area contributed by atoms with E-state index in [1.165, 1.54) is 5.57 Å². The molecule has 0 aromatic rings. The van der Waals surface area contributed by atoms with Crippen LogP contribution in [0.15, 0.2) is 26.3 Å². The van der Waals surface area contributed by atoms with Crippen LogP contribution in [0.25, 0.3) is 0 Å². The van der Waals surface area contributed by atoms with Crippen LogP contribution in [0, 0.1) is 0 Å². The van der Waals surface area contributed by atoms with E-state index in [1.807, 2.05) is 6.92 Å². The van der Waals surface area contributed by atoms with Crippen LogP contribution in [0.4, 0.5) is 0 Å². The lowest BCUT2D eigenvalue weighted by Crippen LogP contribution is -1.86. The first-order valence-corrected chi connectivity index (χ1v) is 4.69. The fourth-order valence-corrected chi connectivity index (χ4v) is 1.59. The van der Waals surface area contributed by atoms with Crippen molar-refractivity contribution in [1.82, 2.24) is 0 Å². The molecular weight excluding hydrogens is 193 g/mol. The van der Waals surface area contributed by atoms with E-state index in [2.05, 4.69) is 11.9 Å². The first-order valence-electron chi connectivity index (χ1n) is 3.93. The second-order valence-corrected chi connectivity index (χ2v) is 3.44. The highest BCUT2D eigenvalue weighted by molar-refractivity contribution is 6.36. The molecule has 0 spiro atoms. The van der Waals surface area contributed by atoms with E-state index in [9.17, 15) is 0 Å². The minimum atomic E-state index is 0.503. The number of aliphatic imine (C=N–C) groups is 1. The molecule has 66 valence electrons. The van der Waals surface area contributed by atoms with Gasteiger partial charge in [-0.05, 0) is 18.9 Å². The van der Waals surface area contributed by atoms with Gasteiger partial charge in [0.2, 0.25) is 0 Å². The molecule has 0 aliphatic carbocycles. The first-order chi connectivity index (χ1) is 5.66. The van der Waals surface area contributed by atoms with E-state index in [4.69, 9.17) is 23.2 Å². The Morgan fingerprint density at radius 2 is 2.17 bits per heavy atom. The number of nitrogens with zero attached hydrogens (tertiary/aromatic N) is 1. The molecule has 1 aliphatic heterocycles. The van der Waals surface area contributed by atoms with Crippen molar-refractivity contribution in [2.24, 2.45) is 4.99 Å². The molecule has 0 N–H and O–H groups in total. The van der Waals surface area contributed by atoms with Gasteiger partial charge in [0.25, 0.3) is 0 Å². The van der Waals surface area contributed by atoms with Gasteiger partial charge in [0.1, 0.15) is 5.16 Å². The van der Waals surface area contributed by atoms with Crippen LogP contribution < -0.4 is 0 Å². The molecular formula is C9H11Cl2N. The van der Waals surface area contributed by atoms with Crippen molar-refractivity contribution in [2.75, 3.05) is 0 Å². The summed E-state index contributed by atoms with van der Waals surface area (Å²) in [5, 5.41) is 1.28. The van der Waals surface area contributed by atoms with E-state index in [0.29, 0.717) is 5.16 Å². The van der Waals surface area contributed by atoms with Gasteiger partial charge in [-0.25, -0.2) is 4.99 Å². The van der Waals surface area contributed by atoms with Gasteiger partial charge in [0.05, 0.1) is 0 Å². The van der Waals surface area contributed by atoms with Crippen molar-refractivity contribution in [3.63, 3.8) is 0 Å². The Bertz CT molecular complexity index is 274. The molecule has 12 heavy (non-hydrogen) atoms. The van der Waals surface area contributed by atoms with E-state index in [0.717, 1.165) is 23.4 Å². The highest BCUT2D eigenvalue weighted by Gasteiger charge is 2.10. The third kappa shape index (κ3) is 1.90. The zero-order valence-electron chi connectivity index (χ0n) is 7.19. The molecule has 0 radical (unpaired) electrons. The third-order valence-electron chi connectivity index (χ3n) is 1.92. The summed E-state index contributed by atoms with van der Waals surface area (Å²) in [5.74, 6) is 0. The Labute approximate surface area is 82.8 Å². The number of hydrogen-bond acceptors (Lipinski definition) is 1. The highest BCUT2D eigenvalue weighted by Crippen LogP contribution is 2.29. The number of halogens is 2. The summed E-state index contributed by atoms with van der Waals surface area (Å²) in [6.07, 6.45) is 3.56. The zero-order valence-corrected chi connectivity index (χ0v) is 8.71. The van der Waals surface area contributed by atoms with Gasteiger partial charge in [-0.15, -0.1) is 0 Å². The second kappa shape index (κ2) is 4.11. The SMILES string of the molecule is CCC1=C(Cl)C(C)=C(Cl)N=CC1. The lowest BCUT2D eigenvalue weighted by Gasteiger charge is -2.03. The van der Waals surface area contributed by atoms with Crippen molar-refractivity contribution in [3.05, 3.63) is 21.3 Å². The van der Waals surface area contributed by atoms with Crippen LogP contribution in [0.1, 0.15) is 26.7 Å². The molecule has 1 aliphatic rings. The van der Waals surface area contributed by atoms with Crippen LogP contribution in [-0.4, -0.2) is 6.21 Å². The normalized spacial score (nSPS) is 18.7. The van der Waals surface area contributed by atoms with Gasteiger partial charge in [0.15, 0.2) is 0 Å². The summed E-state index contributed by atoms with van der Waals surface area (Å²) < 4.78 is 0. The van der Waals surface area contributed by atoms with Crippen molar-refractivity contribution >= 4 is 29.4 Å². The fourth-order valence-electron chi connectivity index (χ4n) is 1.08. The van der Waals surface area contributed by atoms with Crippen LogP contribution >= 0.6 is 23.2 Å². The van der Waals surface area contributed by atoms with Crippen molar-refractivity contribution in [2.45, 2.75) is 26.7 Å². The molecule has 0 fully saturated rings. The molecule has 0 saturated heterocycles. The molecule has 1 nitrogen and oxygen atoms in total. The number of rotatable bonds is 1. The third-order valence-corrected chi connectivity index (χ3v) is 2.85. The molecule has 0 bridgehead atoms. The van der Waals surface area contributed by atoms with Gasteiger partial charge >= 0.3 is 0 Å². The average molecular weight is 204 g/mol. The van der Waals surface area contributed by atoms with Crippen LogP contribution in [0.3, 0.4) is 0 Å². The lowest BCUT2D eigenvalue weighted by molar-refractivity contribution is 1.05. The topological polar surface area (TPSA) is 12.4 Å². The number of hydrogen-bond donors (Lipinski definition) is 0. The van der Waals surface area contributed by atoms with E-state index in [-0.39, 0.29) is 0 Å². The molecule has 0 unspecified atom stereocenters. The number of allylic oxidation sites excluding steroid dienone is 3. The predicted octanol–water partition coefficient (Wildman–Crippen LogP) is 3.83. The molecule has 0 aromatic carbocycles. The van der Waals surface area contributed by atoms with E-state index in [1.54, 1.807) is 6.21 Å². The van der Waals surface area contributed by atoms with Crippen LogP contribution in [0.5, 0.6) is 0 Å². The largest absolute Gasteiger partial charge is 0.248 e. The predicted molar refractivity (Wildman–Crippen MR) is 54.8 cm³/mol. The molecule has 3 heteroatoms. The first kappa shape index (κ1) is 9.82. The quantitative estimate of drug-likeness (QED) is 0.575. The van der Waals surface area contributed by atoms with E-state index < -0.39 is 0 Å². The maximum absolute atomic E-state index is 6.09. The standard InChI is InChI=1S/C9H11Cl2N/c1-3-7-4-5-12-9(11)6(2)8(7)10/h5H,3-4H2,1-2H3. The Hall–Kier alpha value is -0.270. The minimum Gasteiger partial charge on any atom is -0.248 e. The fraction of sp³-hybridized carbons (Fsp3) is 0.444. The molecule has 0 amide bonds. The summed E-state index contributed by atoms with van der Waals surface area (Å²) >= 11 is 11.9. The van der Waals surface area contributed by atoms with Gasteiger partial charge in [-0.3, -0.25) is 0 Å². The summed E-state index contributed by atoms with van der Waals surface area (Å²) in [5.41, 5.74) is 2.08. The molecule has 0 saturated carbocycles. The molecule has 1 rings (SSSR count). The second-order valence-electron chi connectivity index (χ2n) is 2.70. The summed E-state index contributed by atoms with van der Waals surface area (Å²) in [4.78, 5) is 4.05. The van der Waals surface area contributed by atoms with Crippen LogP contribution in [0.2, 0.25) is 0 Å². The maximum atomic E-state index is 6.09. The summed E-state index contributed by atoms with van der Waals surface area (Å²) in [6.45, 7) is 3.97. The average Bonchev–Trinajstić information content (AvgIpc) is 2.19. The molecule has 0 aromatic heterocycles. The Morgan fingerprint density at radius 1 is 1.50 bits per heavy atom. The van der Waals surface area contributed by atoms with Crippen molar-refractivity contribution < 1.29 is 0 Å².